The number of carbonyl (C=O) groups excluding carboxylic acids is 1. The van der Waals surface area contributed by atoms with Crippen LogP contribution in [0.3, 0.4) is 0 Å². The van der Waals surface area contributed by atoms with Crippen molar-refractivity contribution in [3.8, 4) is 11.5 Å². The molecule has 3 aliphatic rings. The first-order valence-electron chi connectivity index (χ1n) is 9.62. The van der Waals surface area contributed by atoms with E-state index in [0.717, 1.165) is 44.0 Å². The van der Waals surface area contributed by atoms with Crippen molar-refractivity contribution in [3.05, 3.63) is 23.8 Å². The average molecular weight is 344 g/mol. The number of ether oxygens (including phenoxy) is 2. The molecular formula is C20H28N2O3. The fourth-order valence-corrected chi connectivity index (χ4v) is 4.46. The molecule has 1 aromatic carbocycles. The summed E-state index contributed by atoms with van der Waals surface area (Å²) in [4.78, 5) is 15.1. The van der Waals surface area contributed by atoms with Crippen molar-refractivity contribution in [1.82, 2.24) is 10.2 Å². The van der Waals surface area contributed by atoms with E-state index in [9.17, 15) is 4.79 Å². The van der Waals surface area contributed by atoms with Crippen LogP contribution in [-0.4, -0.2) is 37.2 Å². The Kier molecular flexibility index (Phi) is 4.84. The second-order valence-electron chi connectivity index (χ2n) is 7.65. The van der Waals surface area contributed by atoms with Crippen molar-refractivity contribution in [2.45, 2.75) is 45.1 Å². The average Bonchev–Trinajstić information content (AvgIpc) is 3.30. The van der Waals surface area contributed by atoms with Crippen LogP contribution < -0.4 is 14.8 Å². The van der Waals surface area contributed by atoms with Crippen LogP contribution >= 0.6 is 0 Å². The van der Waals surface area contributed by atoms with Gasteiger partial charge in [0.25, 0.3) is 0 Å². The number of piperidine rings is 1. The monoisotopic (exact) mass is 344 g/mol. The van der Waals surface area contributed by atoms with Gasteiger partial charge in [0.2, 0.25) is 12.7 Å². The molecule has 1 amide bonds. The van der Waals surface area contributed by atoms with Gasteiger partial charge in [-0.15, -0.1) is 0 Å². The number of fused-ring (bicyclic) bond motifs is 1. The van der Waals surface area contributed by atoms with Gasteiger partial charge in [-0.05, 0) is 68.3 Å². The topological polar surface area (TPSA) is 50.8 Å². The van der Waals surface area contributed by atoms with E-state index in [1.165, 1.54) is 18.4 Å². The largest absolute Gasteiger partial charge is 0.454 e. The first kappa shape index (κ1) is 16.7. The molecule has 0 aromatic heterocycles. The molecule has 3 unspecified atom stereocenters. The lowest BCUT2D eigenvalue weighted by atomic mass is 9.85. The van der Waals surface area contributed by atoms with Gasteiger partial charge in [-0.2, -0.15) is 0 Å². The predicted molar refractivity (Wildman–Crippen MR) is 95.6 cm³/mol. The van der Waals surface area contributed by atoms with Gasteiger partial charge in [0.05, 0.1) is 6.04 Å². The lowest BCUT2D eigenvalue weighted by Crippen LogP contribution is -2.37. The molecule has 25 heavy (non-hydrogen) atoms. The number of amides is 1. The van der Waals surface area contributed by atoms with Crippen LogP contribution in [-0.2, 0) is 4.79 Å². The molecule has 5 heteroatoms. The number of benzene rings is 1. The number of hydrogen-bond donors (Lipinski definition) is 1. The van der Waals surface area contributed by atoms with Crippen LogP contribution in [0, 0.1) is 11.8 Å². The van der Waals surface area contributed by atoms with Gasteiger partial charge in [-0.3, -0.25) is 4.79 Å². The highest BCUT2D eigenvalue weighted by molar-refractivity contribution is 5.77. The van der Waals surface area contributed by atoms with Gasteiger partial charge in [0.1, 0.15) is 0 Å². The van der Waals surface area contributed by atoms with Gasteiger partial charge < -0.3 is 19.7 Å². The highest BCUT2D eigenvalue weighted by atomic mass is 16.7. The molecule has 3 aliphatic heterocycles. The summed E-state index contributed by atoms with van der Waals surface area (Å²) in [6.07, 6.45) is 5.24. The van der Waals surface area contributed by atoms with E-state index < -0.39 is 0 Å². The van der Waals surface area contributed by atoms with Gasteiger partial charge >= 0.3 is 0 Å². The summed E-state index contributed by atoms with van der Waals surface area (Å²) in [5.41, 5.74) is 1.17. The van der Waals surface area contributed by atoms with Crippen molar-refractivity contribution < 1.29 is 14.3 Å². The zero-order chi connectivity index (χ0) is 17.2. The van der Waals surface area contributed by atoms with Crippen LogP contribution in [0.25, 0.3) is 0 Å². The number of likely N-dealkylation sites (tertiary alicyclic amines) is 1. The van der Waals surface area contributed by atoms with Crippen molar-refractivity contribution in [3.63, 3.8) is 0 Å². The molecule has 0 radical (unpaired) electrons. The molecule has 2 fully saturated rings. The maximum Gasteiger partial charge on any atom is 0.231 e. The second-order valence-corrected chi connectivity index (χ2v) is 7.65. The van der Waals surface area contributed by atoms with E-state index in [1.54, 1.807) is 0 Å². The predicted octanol–water partition coefficient (Wildman–Crippen LogP) is 3.10. The molecule has 0 aliphatic carbocycles. The number of nitrogens with one attached hydrogen (secondary N) is 1. The van der Waals surface area contributed by atoms with Crippen LogP contribution in [0.5, 0.6) is 11.5 Å². The van der Waals surface area contributed by atoms with Crippen LogP contribution in [0.1, 0.15) is 50.6 Å². The molecule has 0 saturated carbocycles. The Labute approximate surface area is 149 Å². The van der Waals surface area contributed by atoms with Gasteiger partial charge in [-0.1, -0.05) is 13.0 Å². The second kappa shape index (κ2) is 7.24. The summed E-state index contributed by atoms with van der Waals surface area (Å²) in [7, 11) is 0. The maximum absolute atomic E-state index is 13.0. The molecule has 0 bridgehead atoms. The third-order valence-electron chi connectivity index (χ3n) is 5.99. The normalized spacial score (nSPS) is 26.7. The van der Waals surface area contributed by atoms with E-state index in [-0.39, 0.29) is 6.04 Å². The standard InChI is InChI=1S/C20H28N2O3/c1-14(16-4-2-8-21-12-16)10-20(23)22-9-3-5-17(22)15-6-7-18-19(11-15)25-13-24-18/h6-7,11,14,16-17,21H,2-5,8-10,12-13H2,1H3. The molecule has 3 heterocycles. The third-order valence-corrected chi connectivity index (χ3v) is 5.99. The number of hydrogen-bond acceptors (Lipinski definition) is 4. The Morgan fingerprint density at radius 2 is 2.16 bits per heavy atom. The van der Waals surface area contributed by atoms with E-state index in [2.05, 4.69) is 23.2 Å². The van der Waals surface area contributed by atoms with E-state index >= 15 is 0 Å². The minimum absolute atomic E-state index is 0.179. The maximum atomic E-state index is 13.0. The summed E-state index contributed by atoms with van der Waals surface area (Å²) in [5, 5.41) is 3.47. The third kappa shape index (κ3) is 3.47. The molecule has 4 rings (SSSR count). The summed E-state index contributed by atoms with van der Waals surface area (Å²) in [6.45, 7) is 5.57. The summed E-state index contributed by atoms with van der Waals surface area (Å²) in [6, 6.07) is 6.28. The molecular weight excluding hydrogens is 316 g/mol. The SMILES string of the molecule is CC(CC(=O)N1CCCC1c1ccc2c(c1)OCO2)C1CCCNC1. The first-order valence-corrected chi connectivity index (χ1v) is 9.62. The van der Waals surface area contributed by atoms with Crippen LogP contribution in [0.2, 0.25) is 0 Å². The smallest absolute Gasteiger partial charge is 0.231 e. The Balaban J connectivity index is 1.43. The van der Waals surface area contributed by atoms with Crippen molar-refractivity contribution in [2.75, 3.05) is 26.4 Å². The highest BCUT2D eigenvalue weighted by Crippen LogP contribution is 2.39. The molecule has 1 aromatic rings. The minimum Gasteiger partial charge on any atom is -0.454 e. The molecule has 136 valence electrons. The summed E-state index contributed by atoms with van der Waals surface area (Å²) >= 11 is 0. The van der Waals surface area contributed by atoms with Crippen LogP contribution in [0.4, 0.5) is 0 Å². The van der Waals surface area contributed by atoms with Crippen molar-refractivity contribution >= 4 is 5.91 Å². The lowest BCUT2D eigenvalue weighted by Gasteiger charge is -2.31. The number of nitrogens with zero attached hydrogens (tertiary/aromatic N) is 1. The van der Waals surface area contributed by atoms with Crippen molar-refractivity contribution in [2.24, 2.45) is 11.8 Å². The lowest BCUT2D eigenvalue weighted by molar-refractivity contribution is -0.133. The zero-order valence-corrected chi connectivity index (χ0v) is 15.0. The Bertz CT molecular complexity index is 627. The number of rotatable bonds is 4. The molecule has 1 N–H and O–H groups in total. The highest BCUT2D eigenvalue weighted by Gasteiger charge is 2.32. The first-order chi connectivity index (χ1) is 12.2. The van der Waals surface area contributed by atoms with E-state index in [4.69, 9.17) is 9.47 Å². The molecule has 5 nitrogen and oxygen atoms in total. The molecule has 3 atom stereocenters. The Hall–Kier alpha value is -1.75. The fraction of sp³-hybridized carbons (Fsp3) is 0.650. The van der Waals surface area contributed by atoms with Crippen LogP contribution in [0.15, 0.2) is 18.2 Å². The summed E-state index contributed by atoms with van der Waals surface area (Å²) < 4.78 is 10.9. The van der Waals surface area contributed by atoms with E-state index in [0.29, 0.717) is 31.0 Å². The Morgan fingerprint density at radius 1 is 1.28 bits per heavy atom. The quantitative estimate of drug-likeness (QED) is 0.912. The molecule has 0 spiro atoms. The molecule has 2 saturated heterocycles. The van der Waals surface area contributed by atoms with Gasteiger partial charge in [-0.25, -0.2) is 0 Å². The van der Waals surface area contributed by atoms with E-state index in [1.807, 2.05) is 12.1 Å². The van der Waals surface area contributed by atoms with Gasteiger partial charge in [0, 0.05) is 13.0 Å². The Morgan fingerprint density at radius 3 is 3.00 bits per heavy atom. The zero-order valence-electron chi connectivity index (χ0n) is 15.0. The summed E-state index contributed by atoms with van der Waals surface area (Å²) in [5.74, 6) is 2.98. The number of carbonyl (C=O) groups is 1. The fourth-order valence-electron chi connectivity index (χ4n) is 4.46. The minimum atomic E-state index is 0.179. The van der Waals surface area contributed by atoms with Crippen molar-refractivity contribution in [1.29, 1.82) is 0 Å². The van der Waals surface area contributed by atoms with Gasteiger partial charge in [0.15, 0.2) is 11.5 Å².